The Morgan fingerprint density at radius 3 is 3.10 bits per heavy atom. The smallest absolute Gasteiger partial charge is 0.253 e. The Morgan fingerprint density at radius 1 is 1.52 bits per heavy atom. The van der Waals surface area contributed by atoms with Crippen LogP contribution >= 0.6 is 0 Å². The third kappa shape index (κ3) is 2.97. The van der Waals surface area contributed by atoms with Gasteiger partial charge in [-0.1, -0.05) is 0 Å². The zero-order valence-corrected chi connectivity index (χ0v) is 12.2. The maximum Gasteiger partial charge on any atom is 0.253 e. The third-order valence-corrected chi connectivity index (χ3v) is 3.77. The first-order valence-electron chi connectivity index (χ1n) is 6.98. The van der Waals surface area contributed by atoms with Crippen molar-refractivity contribution in [3.05, 3.63) is 40.2 Å². The van der Waals surface area contributed by atoms with E-state index in [1.54, 1.807) is 13.2 Å². The summed E-state index contributed by atoms with van der Waals surface area (Å²) in [5.41, 5.74) is 1.10. The van der Waals surface area contributed by atoms with Crippen LogP contribution in [0.25, 0.3) is 0 Å². The molecule has 3 rings (SSSR count). The maximum atomic E-state index is 11.7. The van der Waals surface area contributed by atoms with Crippen molar-refractivity contribution >= 4 is 5.82 Å². The lowest BCUT2D eigenvalue weighted by molar-refractivity contribution is 0.177. The van der Waals surface area contributed by atoms with Gasteiger partial charge in [-0.05, 0) is 12.0 Å². The molecule has 7 heteroatoms. The molecule has 1 atom stereocenters. The van der Waals surface area contributed by atoms with Gasteiger partial charge in [0.15, 0.2) is 0 Å². The van der Waals surface area contributed by atoms with E-state index in [9.17, 15) is 4.79 Å². The van der Waals surface area contributed by atoms with Crippen LogP contribution in [0.15, 0.2) is 23.3 Å². The first-order chi connectivity index (χ1) is 10.2. The van der Waals surface area contributed by atoms with Gasteiger partial charge in [0.25, 0.3) is 5.56 Å². The van der Waals surface area contributed by atoms with E-state index >= 15 is 0 Å². The Kier molecular flexibility index (Phi) is 3.74. The zero-order chi connectivity index (χ0) is 14.8. The molecule has 2 aromatic rings. The molecule has 1 aliphatic rings. The fraction of sp³-hybridized carbons (Fsp3) is 0.500. The first-order valence-corrected chi connectivity index (χ1v) is 6.98. The molecule has 0 radical (unpaired) electrons. The van der Waals surface area contributed by atoms with Gasteiger partial charge in [-0.3, -0.25) is 9.48 Å². The quantitative estimate of drug-likeness (QED) is 0.894. The van der Waals surface area contributed by atoms with Gasteiger partial charge in [0.05, 0.1) is 6.20 Å². The molecule has 112 valence electrons. The van der Waals surface area contributed by atoms with E-state index in [1.807, 2.05) is 17.9 Å². The Bertz CT molecular complexity index is 678. The van der Waals surface area contributed by atoms with Crippen LogP contribution in [0.3, 0.4) is 0 Å². The van der Waals surface area contributed by atoms with Crippen LogP contribution in [0.2, 0.25) is 0 Å². The second-order valence-electron chi connectivity index (χ2n) is 5.36. The molecule has 21 heavy (non-hydrogen) atoms. The molecule has 0 spiro atoms. The predicted molar refractivity (Wildman–Crippen MR) is 78.3 cm³/mol. The third-order valence-electron chi connectivity index (χ3n) is 3.77. The summed E-state index contributed by atoms with van der Waals surface area (Å²) in [5, 5.41) is 4.22. The van der Waals surface area contributed by atoms with Crippen molar-refractivity contribution in [3.8, 4) is 0 Å². The van der Waals surface area contributed by atoms with Crippen molar-refractivity contribution in [1.82, 2.24) is 19.7 Å². The monoisotopic (exact) mass is 289 g/mol. The number of nitrogens with zero attached hydrogens (tertiary/aromatic N) is 4. The van der Waals surface area contributed by atoms with Crippen LogP contribution in [-0.4, -0.2) is 39.9 Å². The predicted octanol–water partition coefficient (Wildman–Crippen LogP) is 0.644. The highest BCUT2D eigenvalue weighted by atomic mass is 16.5. The van der Waals surface area contributed by atoms with Crippen LogP contribution < -0.4 is 10.5 Å². The summed E-state index contributed by atoms with van der Waals surface area (Å²) in [4.78, 5) is 21.0. The van der Waals surface area contributed by atoms with Gasteiger partial charge >= 0.3 is 0 Å². The Labute approximate surface area is 122 Å². The van der Waals surface area contributed by atoms with Gasteiger partial charge in [-0.15, -0.1) is 0 Å². The highest BCUT2D eigenvalue weighted by Crippen LogP contribution is 2.29. The number of aromatic amines is 1. The zero-order valence-electron chi connectivity index (χ0n) is 12.2. The van der Waals surface area contributed by atoms with Gasteiger partial charge < -0.3 is 14.6 Å². The van der Waals surface area contributed by atoms with Crippen LogP contribution in [0.1, 0.15) is 23.7 Å². The van der Waals surface area contributed by atoms with Gasteiger partial charge in [0.2, 0.25) is 0 Å². The van der Waals surface area contributed by atoms with Crippen LogP contribution in [-0.2, 0) is 18.4 Å². The van der Waals surface area contributed by atoms with Crippen molar-refractivity contribution in [1.29, 1.82) is 0 Å². The number of nitrogens with one attached hydrogen (secondary N) is 1. The molecule has 1 N–H and O–H groups in total. The van der Waals surface area contributed by atoms with Gasteiger partial charge in [0.1, 0.15) is 18.2 Å². The number of rotatable bonds is 4. The van der Waals surface area contributed by atoms with E-state index in [4.69, 9.17) is 4.74 Å². The highest BCUT2D eigenvalue weighted by Gasteiger charge is 2.26. The summed E-state index contributed by atoms with van der Waals surface area (Å²) < 4.78 is 6.85. The molecule has 1 aliphatic heterocycles. The number of hydrogen-bond donors (Lipinski definition) is 1. The largest absolute Gasteiger partial charge is 0.377 e. The first kappa shape index (κ1) is 13.8. The van der Waals surface area contributed by atoms with Gasteiger partial charge in [-0.2, -0.15) is 5.10 Å². The molecule has 3 heterocycles. The summed E-state index contributed by atoms with van der Waals surface area (Å²) in [7, 11) is 3.51. The van der Waals surface area contributed by atoms with E-state index in [2.05, 4.69) is 26.2 Å². The van der Waals surface area contributed by atoms with Crippen LogP contribution in [0.4, 0.5) is 5.82 Å². The molecule has 0 aliphatic carbocycles. The van der Waals surface area contributed by atoms with Crippen molar-refractivity contribution in [2.75, 3.05) is 25.1 Å². The lowest BCUT2D eigenvalue weighted by Crippen LogP contribution is -2.24. The van der Waals surface area contributed by atoms with E-state index in [0.717, 1.165) is 25.3 Å². The van der Waals surface area contributed by atoms with Crippen LogP contribution in [0.5, 0.6) is 0 Å². The number of methoxy groups -OCH3 is 1. The minimum atomic E-state index is -0.142. The molecular formula is C14H19N5O2. The van der Waals surface area contributed by atoms with Crippen molar-refractivity contribution in [3.63, 3.8) is 0 Å². The molecule has 2 aromatic heterocycles. The Balaban J connectivity index is 1.78. The van der Waals surface area contributed by atoms with E-state index < -0.39 is 0 Å². The maximum absolute atomic E-state index is 11.7. The average molecular weight is 289 g/mol. The lowest BCUT2D eigenvalue weighted by atomic mass is 10.0. The van der Waals surface area contributed by atoms with E-state index in [-0.39, 0.29) is 5.56 Å². The molecule has 1 saturated heterocycles. The Morgan fingerprint density at radius 2 is 2.38 bits per heavy atom. The standard InChI is InChI=1S/C14H19N5O2/c1-18-7-11(6-15-18)10-3-4-19(8-10)13-5-14(20)17-12(16-13)9-21-2/h5-7,10H,3-4,8-9H2,1-2H3,(H,16,17,20)/t10-/m0/s1. The summed E-state index contributed by atoms with van der Waals surface area (Å²) in [6, 6.07) is 1.55. The number of ether oxygens (including phenoxy) is 1. The second-order valence-corrected chi connectivity index (χ2v) is 5.36. The summed E-state index contributed by atoms with van der Waals surface area (Å²) in [6.45, 7) is 2.06. The normalized spacial score (nSPS) is 18.4. The van der Waals surface area contributed by atoms with E-state index in [1.165, 1.54) is 5.56 Å². The number of aryl methyl sites for hydroxylation is 1. The number of H-pyrrole nitrogens is 1. The number of aromatic nitrogens is 4. The van der Waals surface area contributed by atoms with Gasteiger partial charge in [-0.25, -0.2) is 4.98 Å². The highest BCUT2D eigenvalue weighted by molar-refractivity contribution is 5.40. The summed E-state index contributed by atoms with van der Waals surface area (Å²) in [6.07, 6.45) is 5.01. The fourth-order valence-corrected chi connectivity index (χ4v) is 2.75. The minimum Gasteiger partial charge on any atom is -0.377 e. The summed E-state index contributed by atoms with van der Waals surface area (Å²) in [5.74, 6) is 1.72. The molecule has 7 nitrogen and oxygen atoms in total. The minimum absolute atomic E-state index is 0.142. The number of hydrogen-bond acceptors (Lipinski definition) is 5. The topological polar surface area (TPSA) is 76.0 Å². The molecule has 0 bridgehead atoms. The number of anilines is 1. The van der Waals surface area contributed by atoms with Gasteiger partial charge in [0, 0.05) is 45.4 Å². The van der Waals surface area contributed by atoms with E-state index in [0.29, 0.717) is 18.3 Å². The molecule has 0 unspecified atom stereocenters. The van der Waals surface area contributed by atoms with Crippen molar-refractivity contribution in [2.24, 2.45) is 7.05 Å². The van der Waals surface area contributed by atoms with Crippen molar-refractivity contribution < 1.29 is 4.74 Å². The molecular weight excluding hydrogens is 270 g/mol. The van der Waals surface area contributed by atoms with Crippen LogP contribution in [0, 0.1) is 0 Å². The molecule has 1 fully saturated rings. The second kappa shape index (κ2) is 5.69. The SMILES string of the molecule is COCc1nc(N2CC[C@H](c3cnn(C)c3)C2)cc(=O)[nH]1. The Hall–Kier alpha value is -2.15. The lowest BCUT2D eigenvalue weighted by Gasteiger charge is -2.17. The fourth-order valence-electron chi connectivity index (χ4n) is 2.75. The molecule has 0 aromatic carbocycles. The van der Waals surface area contributed by atoms with Crippen molar-refractivity contribution in [2.45, 2.75) is 18.9 Å². The summed E-state index contributed by atoms with van der Waals surface area (Å²) >= 11 is 0. The molecule has 0 saturated carbocycles. The molecule has 0 amide bonds. The average Bonchev–Trinajstić information content (AvgIpc) is 3.07.